The summed E-state index contributed by atoms with van der Waals surface area (Å²) in [4.78, 5) is 17.7. The topological polar surface area (TPSA) is 55.5 Å². The van der Waals surface area contributed by atoms with Crippen molar-refractivity contribution < 1.29 is 4.79 Å². The quantitative estimate of drug-likeness (QED) is 0.769. The van der Waals surface area contributed by atoms with Crippen molar-refractivity contribution in [2.75, 3.05) is 6.54 Å². The smallest absolute Gasteiger partial charge is 0.249 e. The Bertz CT molecular complexity index is 766. The van der Waals surface area contributed by atoms with E-state index in [0.717, 1.165) is 19.4 Å². The van der Waals surface area contributed by atoms with Gasteiger partial charge in [0.25, 0.3) is 0 Å². The molecule has 1 aromatic rings. The molecule has 5 unspecified atom stereocenters. The predicted octanol–water partition coefficient (Wildman–Crippen LogP) is 4.74. The summed E-state index contributed by atoms with van der Waals surface area (Å²) in [5, 5.41) is 0. The fraction of sp³-hybridized carbons (Fsp3) is 0.680. The Hall–Kier alpha value is -1.48. The second kappa shape index (κ2) is 6.79. The first-order valence-electron chi connectivity index (χ1n) is 11.4. The maximum absolute atomic E-state index is 13.2. The average Bonchev–Trinajstić information content (AvgIpc) is 3.05. The summed E-state index contributed by atoms with van der Waals surface area (Å²) in [7, 11) is 0. The van der Waals surface area contributed by atoms with Crippen LogP contribution in [-0.2, 0) is 10.2 Å². The lowest BCUT2D eigenvalue weighted by Crippen LogP contribution is -2.38. The molecule has 0 heterocycles. The fourth-order valence-electron chi connectivity index (χ4n) is 7.68. The molecule has 5 saturated carbocycles. The fourth-order valence-corrected chi connectivity index (χ4v) is 7.68. The average molecular weight is 379 g/mol. The number of rotatable bonds is 4. The van der Waals surface area contributed by atoms with E-state index in [4.69, 9.17) is 5.73 Å². The lowest BCUT2D eigenvalue weighted by atomic mass is 9.62. The highest BCUT2D eigenvalue weighted by molar-refractivity contribution is 5.88. The Balaban J connectivity index is 1.30. The van der Waals surface area contributed by atoms with Crippen molar-refractivity contribution in [2.45, 2.75) is 63.7 Å². The Morgan fingerprint density at radius 1 is 1.14 bits per heavy atom. The summed E-state index contributed by atoms with van der Waals surface area (Å²) < 4.78 is 0. The maximum Gasteiger partial charge on any atom is 0.249 e. The number of carbonyl (C=O) groups excluding carboxylic acids is 1. The summed E-state index contributed by atoms with van der Waals surface area (Å²) in [5.74, 6) is 2.55. The molecule has 6 rings (SSSR count). The van der Waals surface area contributed by atoms with E-state index in [1.165, 1.54) is 44.1 Å². The molecular weight excluding hydrogens is 344 g/mol. The number of nitrogens with zero attached hydrogens (tertiary/aromatic N) is 1. The van der Waals surface area contributed by atoms with Crippen LogP contribution in [0.4, 0.5) is 0 Å². The van der Waals surface area contributed by atoms with E-state index in [2.05, 4.69) is 42.2 Å². The molecule has 5 atom stereocenters. The molecule has 3 nitrogen and oxygen atoms in total. The first kappa shape index (κ1) is 18.5. The zero-order valence-corrected chi connectivity index (χ0v) is 17.1. The largest absolute Gasteiger partial charge is 0.330 e. The molecule has 0 spiro atoms. The highest BCUT2D eigenvalue weighted by Crippen LogP contribution is 2.72. The van der Waals surface area contributed by atoms with E-state index in [1.807, 2.05) is 6.21 Å². The van der Waals surface area contributed by atoms with Crippen LogP contribution in [0.5, 0.6) is 0 Å². The molecule has 4 bridgehead atoms. The normalized spacial score (nSPS) is 44.4. The van der Waals surface area contributed by atoms with Gasteiger partial charge in [-0.05, 0) is 98.0 Å². The van der Waals surface area contributed by atoms with Gasteiger partial charge in [-0.15, -0.1) is 0 Å². The maximum atomic E-state index is 13.2. The zero-order valence-electron chi connectivity index (χ0n) is 17.1. The number of nitrogens with two attached hydrogens (primary N) is 1. The molecular formula is C25H34N2O. The van der Waals surface area contributed by atoms with Crippen LogP contribution in [0.1, 0.15) is 63.9 Å². The monoisotopic (exact) mass is 378 g/mol. The van der Waals surface area contributed by atoms with E-state index in [9.17, 15) is 4.79 Å². The number of amides is 1. The molecule has 0 radical (unpaired) electrons. The van der Waals surface area contributed by atoms with Gasteiger partial charge >= 0.3 is 0 Å². The van der Waals surface area contributed by atoms with Crippen LogP contribution in [0.25, 0.3) is 0 Å². The Kier molecular flexibility index (Phi) is 4.50. The van der Waals surface area contributed by atoms with Gasteiger partial charge in [-0.25, -0.2) is 4.99 Å². The molecule has 2 N–H and O–H groups in total. The second-order valence-corrected chi connectivity index (χ2v) is 10.6. The highest BCUT2D eigenvalue weighted by atomic mass is 16.1. The molecule has 5 fully saturated rings. The van der Waals surface area contributed by atoms with Crippen molar-refractivity contribution in [1.82, 2.24) is 0 Å². The van der Waals surface area contributed by atoms with Gasteiger partial charge in [0.1, 0.15) is 0 Å². The van der Waals surface area contributed by atoms with E-state index in [0.29, 0.717) is 34.5 Å². The van der Waals surface area contributed by atoms with Crippen molar-refractivity contribution in [2.24, 2.45) is 45.7 Å². The van der Waals surface area contributed by atoms with Gasteiger partial charge in [0.05, 0.1) is 0 Å². The Morgan fingerprint density at radius 2 is 1.89 bits per heavy atom. The summed E-state index contributed by atoms with van der Waals surface area (Å²) in [6.07, 6.45) is 11.5. The highest BCUT2D eigenvalue weighted by Gasteiger charge is 2.67. The van der Waals surface area contributed by atoms with Gasteiger partial charge in [0, 0.05) is 12.1 Å². The SMILES string of the molecule is CC12CC3CC(c4ccccc4)(CC1C3C(=O)/N=C/C1CCC(CN)CC1)C2. The molecule has 1 aromatic carbocycles. The van der Waals surface area contributed by atoms with Crippen LogP contribution in [0, 0.1) is 35.0 Å². The summed E-state index contributed by atoms with van der Waals surface area (Å²) in [6.45, 7) is 3.25. The Labute approximate surface area is 169 Å². The minimum atomic E-state index is 0.168. The molecule has 150 valence electrons. The van der Waals surface area contributed by atoms with Gasteiger partial charge in [-0.3, -0.25) is 4.79 Å². The third kappa shape index (κ3) is 2.89. The lowest BCUT2D eigenvalue weighted by molar-refractivity contribution is -0.125. The first-order valence-corrected chi connectivity index (χ1v) is 11.4. The number of benzene rings is 1. The predicted molar refractivity (Wildman–Crippen MR) is 113 cm³/mol. The Morgan fingerprint density at radius 3 is 2.57 bits per heavy atom. The first-order chi connectivity index (χ1) is 13.5. The van der Waals surface area contributed by atoms with Crippen molar-refractivity contribution in [3.8, 4) is 0 Å². The van der Waals surface area contributed by atoms with Crippen LogP contribution in [0.2, 0.25) is 0 Å². The summed E-state index contributed by atoms with van der Waals surface area (Å²) >= 11 is 0. The van der Waals surface area contributed by atoms with Gasteiger partial charge in [0.15, 0.2) is 0 Å². The minimum absolute atomic E-state index is 0.168. The number of aliphatic imine (C=N–C) groups is 1. The van der Waals surface area contributed by atoms with Crippen molar-refractivity contribution in [3.63, 3.8) is 0 Å². The summed E-state index contributed by atoms with van der Waals surface area (Å²) in [6, 6.07) is 11.1. The van der Waals surface area contributed by atoms with E-state index < -0.39 is 0 Å². The van der Waals surface area contributed by atoms with Gasteiger partial charge < -0.3 is 5.73 Å². The van der Waals surface area contributed by atoms with Crippen LogP contribution >= 0.6 is 0 Å². The molecule has 28 heavy (non-hydrogen) atoms. The van der Waals surface area contributed by atoms with E-state index in [1.54, 1.807) is 0 Å². The van der Waals surface area contributed by atoms with Crippen LogP contribution in [-0.4, -0.2) is 18.7 Å². The number of hydrogen-bond donors (Lipinski definition) is 1. The molecule has 0 aromatic heterocycles. The van der Waals surface area contributed by atoms with Gasteiger partial charge in [-0.1, -0.05) is 37.3 Å². The second-order valence-electron chi connectivity index (χ2n) is 10.6. The van der Waals surface area contributed by atoms with Crippen LogP contribution < -0.4 is 5.73 Å². The molecule has 5 aliphatic rings. The molecule has 5 aliphatic carbocycles. The van der Waals surface area contributed by atoms with Gasteiger partial charge in [0.2, 0.25) is 5.91 Å². The van der Waals surface area contributed by atoms with Crippen LogP contribution in [0.3, 0.4) is 0 Å². The van der Waals surface area contributed by atoms with E-state index >= 15 is 0 Å². The summed E-state index contributed by atoms with van der Waals surface area (Å²) in [5.41, 5.74) is 7.94. The van der Waals surface area contributed by atoms with E-state index in [-0.39, 0.29) is 11.8 Å². The van der Waals surface area contributed by atoms with Crippen LogP contribution in [0.15, 0.2) is 35.3 Å². The number of carbonyl (C=O) groups is 1. The van der Waals surface area contributed by atoms with Crippen molar-refractivity contribution in [1.29, 1.82) is 0 Å². The number of hydrogen-bond acceptors (Lipinski definition) is 2. The zero-order chi connectivity index (χ0) is 19.4. The van der Waals surface area contributed by atoms with Gasteiger partial charge in [-0.2, -0.15) is 0 Å². The van der Waals surface area contributed by atoms with Crippen molar-refractivity contribution >= 4 is 12.1 Å². The third-order valence-electron chi connectivity index (χ3n) is 8.88. The lowest BCUT2D eigenvalue weighted by Gasteiger charge is -2.42. The molecule has 0 aliphatic heterocycles. The third-order valence-corrected chi connectivity index (χ3v) is 8.88. The molecule has 3 heteroatoms. The standard InChI is InChI=1S/C25H34N2O/c1-24-11-19-12-25(16-24,20-5-3-2-4-6-20)13-21(24)22(19)23(28)27-15-18-9-7-17(14-26)8-10-18/h2-6,15,17-19,21-22H,7-14,16,26H2,1H3/b27-15+. The van der Waals surface area contributed by atoms with Crippen molar-refractivity contribution in [3.05, 3.63) is 35.9 Å². The molecule has 0 saturated heterocycles. The molecule has 1 amide bonds. The minimum Gasteiger partial charge on any atom is -0.330 e.